The summed E-state index contributed by atoms with van der Waals surface area (Å²) in [5.74, 6) is -2.03. The molecule has 9 heteroatoms. The van der Waals surface area contributed by atoms with Crippen molar-refractivity contribution in [2.75, 3.05) is 19.8 Å². The van der Waals surface area contributed by atoms with Crippen molar-refractivity contribution in [3.63, 3.8) is 0 Å². The van der Waals surface area contributed by atoms with Crippen molar-refractivity contribution in [3.05, 3.63) is 28.5 Å². The lowest BCUT2D eigenvalue weighted by Crippen LogP contribution is -2.52. The molecule has 20 heavy (non-hydrogen) atoms. The zero-order valence-corrected chi connectivity index (χ0v) is 12.5. The molecule has 1 saturated heterocycles. The van der Waals surface area contributed by atoms with Gasteiger partial charge in [0, 0.05) is 6.54 Å². The smallest absolute Gasteiger partial charge is 0.324 e. The van der Waals surface area contributed by atoms with E-state index < -0.39 is 27.9 Å². The first kappa shape index (κ1) is 15.4. The number of carbonyl (C=O) groups is 1. The Kier molecular flexibility index (Phi) is 4.43. The number of carboxylic acid groups (broad SMARTS) is 1. The molecule has 1 aliphatic rings. The third kappa shape index (κ3) is 2.85. The summed E-state index contributed by atoms with van der Waals surface area (Å²) in [4.78, 5) is 10.8. The van der Waals surface area contributed by atoms with Gasteiger partial charge >= 0.3 is 5.97 Å². The van der Waals surface area contributed by atoms with Gasteiger partial charge in [0.15, 0.2) is 0 Å². The summed E-state index contributed by atoms with van der Waals surface area (Å²) in [6.07, 6.45) is 0. The molecule has 1 aliphatic heterocycles. The van der Waals surface area contributed by atoms with E-state index in [1.54, 1.807) is 0 Å². The highest BCUT2D eigenvalue weighted by atomic mass is 79.9. The largest absolute Gasteiger partial charge is 0.480 e. The first-order valence-electron chi connectivity index (χ1n) is 5.61. The van der Waals surface area contributed by atoms with Gasteiger partial charge in [-0.15, -0.1) is 0 Å². The lowest BCUT2D eigenvalue weighted by molar-refractivity contribution is -0.146. The number of aliphatic carboxylic acids is 1. The molecule has 0 aliphatic carbocycles. The molecule has 1 atom stereocenters. The van der Waals surface area contributed by atoms with Crippen molar-refractivity contribution in [1.82, 2.24) is 4.31 Å². The monoisotopic (exact) mass is 367 g/mol. The maximum Gasteiger partial charge on any atom is 0.324 e. The maximum absolute atomic E-state index is 13.5. The van der Waals surface area contributed by atoms with Crippen molar-refractivity contribution < 1.29 is 27.4 Å². The van der Waals surface area contributed by atoms with E-state index >= 15 is 0 Å². The van der Waals surface area contributed by atoms with Crippen LogP contribution in [-0.4, -0.2) is 49.6 Å². The molecule has 0 spiro atoms. The van der Waals surface area contributed by atoms with Crippen LogP contribution in [0.25, 0.3) is 0 Å². The zero-order valence-electron chi connectivity index (χ0n) is 10.1. The topological polar surface area (TPSA) is 83.9 Å². The highest BCUT2D eigenvalue weighted by molar-refractivity contribution is 9.10. The Bertz CT molecular complexity index is 636. The van der Waals surface area contributed by atoms with Crippen LogP contribution in [0.2, 0.25) is 0 Å². The van der Waals surface area contributed by atoms with E-state index in [2.05, 4.69) is 15.9 Å². The second-order valence-corrected chi connectivity index (χ2v) is 6.87. The van der Waals surface area contributed by atoms with Crippen molar-refractivity contribution in [1.29, 1.82) is 0 Å². The van der Waals surface area contributed by atoms with Crippen LogP contribution >= 0.6 is 15.9 Å². The first-order valence-corrected chi connectivity index (χ1v) is 7.85. The Labute approximate surface area is 123 Å². The van der Waals surface area contributed by atoms with Crippen LogP contribution in [0.1, 0.15) is 0 Å². The van der Waals surface area contributed by atoms with Crippen LogP contribution in [0.15, 0.2) is 27.6 Å². The number of hydrogen-bond donors (Lipinski definition) is 1. The normalized spacial score (nSPS) is 20.8. The second-order valence-electron chi connectivity index (χ2n) is 4.12. The lowest BCUT2D eigenvalue weighted by Gasteiger charge is -2.31. The van der Waals surface area contributed by atoms with E-state index in [0.29, 0.717) is 0 Å². The number of ether oxygens (including phenoxy) is 1. The standard InChI is InChI=1S/C11H11BrFNO5S/c12-8-2-1-7(5-9(8)13)20(17,18)14-3-4-19-6-10(14)11(15)16/h1-2,5,10H,3-4,6H2,(H,15,16). The van der Waals surface area contributed by atoms with Crippen LogP contribution < -0.4 is 0 Å². The van der Waals surface area contributed by atoms with Gasteiger partial charge in [-0.2, -0.15) is 4.31 Å². The molecule has 1 N–H and O–H groups in total. The van der Waals surface area contributed by atoms with E-state index in [1.807, 2.05) is 0 Å². The number of morpholine rings is 1. The van der Waals surface area contributed by atoms with Gasteiger partial charge in [0.05, 0.1) is 22.6 Å². The van der Waals surface area contributed by atoms with Crippen LogP contribution in [-0.2, 0) is 19.6 Å². The molecule has 1 unspecified atom stereocenters. The summed E-state index contributed by atoms with van der Waals surface area (Å²) in [6, 6.07) is 2.03. The van der Waals surface area contributed by atoms with Crippen molar-refractivity contribution >= 4 is 31.9 Å². The maximum atomic E-state index is 13.5. The molecule has 0 bridgehead atoms. The molecule has 0 amide bonds. The minimum atomic E-state index is -4.08. The van der Waals surface area contributed by atoms with Gasteiger partial charge in [-0.1, -0.05) is 0 Å². The average Bonchev–Trinajstić information content (AvgIpc) is 2.41. The zero-order chi connectivity index (χ0) is 14.9. The van der Waals surface area contributed by atoms with Gasteiger partial charge in [0.2, 0.25) is 10.0 Å². The van der Waals surface area contributed by atoms with Gasteiger partial charge in [0.1, 0.15) is 11.9 Å². The molecule has 1 aromatic rings. The summed E-state index contributed by atoms with van der Waals surface area (Å²) in [7, 11) is -4.08. The fourth-order valence-corrected chi connectivity index (χ4v) is 3.65. The highest BCUT2D eigenvalue weighted by Gasteiger charge is 2.38. The van der Waals surface area contributed by atoms with Crippen molar-refractivity contribution in [2.24, 2.45) is 0 Å². The van der Waals surface area contributed by atoms with Crippen molar-refractivity contribution in [2.45, 2.75) is 10.9 Å². The summed E-state index contributed by atoms with van der Waals surface area (Å²) in [6.45, 7) is -0.216. The summed E-state index contributed by atoms with van der Waals surface area (Å²) in [5, 5.41) is 9.05. The summed E-state index contributed by atoms with van der Waals surface area (Å²) < 4.78 is 44.2. The van der Waals surface area contributed by atoms with E-state index in [0.717, 1.165) is 10.4 Å². The number of carboxylic acids is 1. The van der Waals surface area contributed by atoms with Crippen LogP contribution in [0.3, 0.4) is 0 Å². The quantitative estimate of drug-likeness (QED) is 0.863. The van der Waals surface area contributed by atoms with Crippen LogP contribution in [0, 0.1) is 5.82 Å². The predicted molar refractivity (Wildman–Crippen MR) is 70.2 cm³/mol. The second kappa shape index (κ2) is 5.76. The fourth-order valence-electron chi connectivity index (χ4n) is 1.84. The molecule has 1 aromatic carbocycles. The van der Waals surface area contributed by atoms with E-state index in [9.17, 15) is 17.6 Å². The Morgan fingerprint density at radius 1 is 1.50 bits per heavy atom. The molecule has 6 nitrogen and oxygen atoms in total. The minimum absolute atomic E-state index is 0.0863. The van der Waals surface area contributed by atoms with Crippen LogP contribution in [0.4, 0.5) is 4.39 Å². The molecular weight excluding hydrogens is 357 g/mol. The minimum Gasteiger partial charge on any atom is -0.480 e. The highest BCUT2D eigenvalue weighted by Crippen LogP contribution is 2.24. The van der Waals surface area contributed by atoms with E-state index in [1.165, 1.54) is 12.1 Å². The first-order chi connectivity index (χ1) is 9.34. The lowest BCUT2D eigenvalue weighted by atomic mass is 10.3. The SMILES string of the molecule is O=C(O)C1COCCN1S(=O)(=O)c1ccc(Br)c(F)c1. The Morgan fingerprint density at radius 3 is 2.80 bits per heavy atom. The van der Waals surface area contributed by atoms with Gasteiger partial charge < -0.3 is 9.84 Å². The number of hydrogen-bond acceptors (Lipinski definition) is 4. The molecular formula is C11H11BrFNO5S. The third-order valence-corrected chi connectivity index (χ3v) is 5.41. The molecule has 110 valence electrons. The number of sulfonamides is 1. The van der Waals surface area contributed by atoms with E-state index in [-0.39, 0.29) is 29.1 Å². The molecule has 0 saturated carbocycles. The fraction of sp³-hybridized carbons (Fsp3) is 0.364. The van der Waals surface area contributed by atoms with Crippen molar-refractivity contribution in [3.8, 4) is 0 Å². The Balaban J connectivity index is 2.42. The Hall–Kier alpha value is -1.03. The molecule has 2 rings (SSSR count). The Morgan fingerprint density at radius 2 is 2.20 bits per heavy atom. The van der Waals surface area contributed by atoms with Gasteiger partial charge in [-0.3, -0.25) is 4.79 Å². The van der Waals surface area contributed by atoms with E-state index in [4.69, 9.17) is 9.84 Å². The third-order valence-electron chi connectivity index (χ3n) is 2.86. The molecule has 0 radical (unpaired) electrons. The van der Waals surface area contributed by atoms with Gasteiger partial charge in [-0.05, 0) is 34.1 Å². The predicted octanol–water partition coefficient (Wildman–Crippen LogP) is 1.06. The number of benzene rings is 1. The molecule has 0 aromatic heterocycles. The average molecular weight is 368 g/mol. The van der Waals surface area contributed by atoms with Crippen LogP contribution in [0.5, 0.6) is 0 Å². The number of nitrogens with zero attached hydrogens (tertiary/aromatic N) is 1. The number of rotatable bonds is 3. The summed E-state index contributed by atoms with van der Waals surface area (Å²) in [5.41, 5.74) is 0. The van der Waals surface area contributed by atoms with Gasteiger partial charge in [0.25, 0.3) is 0 Å². The number of halogens is 2. The van der Waals surface area contributed by atoms with Gasteiger partial charge in [-0.25, -0.2) is 12.8 Å². The molecule has 1 fully saturated rings. The summed E-state index contributed by atoms with van der Waals surface area (Å²) >= 11 is 2.93. The molecule has 1 heterocycles.